The largest absolute Gasteiger partial charge is 0.493 e. The monoisotopic (exact) mass is 570 g/mol. The number of hydrogen-bond donors (Lipinski definition) is 3. The molecule has 1 aromatic carbocycles. The Morgan fingerprint density at radius 3 is 2.56 bits per heavy atom. The summed E-state index contributed by atoms with van der Waals surface area (Å²) in [5.41, 5.74) is 8.73. The van der Waals surface area contributed by atoms with Crippen LogP contribution in [0.4, 0.5) is 11.5 Å². The van der Waals surface area contributed by atoms with Crippen molar-refractivity contribution in [3.63, 3.8) is 0 Å². The number of hydrogen-bond acceptors (Lipinski definition) is 9. The van der Waals surface area contributed by atoms with Gasteiger partial charge in [0, 0.05) is 72.8 Å². The molecular formula is C28H32Cl2N6O3. The molecule has 0 radical (unpaired) electrons. The van der Waals surface area contributed by atoms with Gasteiger partial charge in [0.1, 0.15) is 11.9 Å². The Morgan fingerprint density at radius 2 is 1.95 bits per heavy atom. The van der Waals surface area contributed by atoms with Gasteiger partial charge in [0.15, 0.2) is 11.5 Å². The van der Waals surface area contributed by atoms with Crippen molar-refractivity contribution < 1.29 is 14.2 Å². The summed E-state index contributed by atoms with van der Waals surface area (Å²) in [6.07, 6.45) is 5.28. The Morgan fingerprint density at radius 1 is 1.21 bits per heavy atom. The summed E-state index contributed by atoms with van der Waals surface area (Å²) >= 11 is 12.6. The third kappa shape index (κ3) is 5.77. The van der Waals surface area contributed by atoms with Gasteiger partial charge in [0.05, 0.1) is 35.0 Å². The number of pyridine rings is 2. The van der Waals surface area contributed by atoms with Crippen molar-refractivity contribution in [3.8, 4) is 11.5 Å². The molecule has 0 spiro atoms. The molecule has 2 saturated heterocycles. The fourth-order valence-electron chi connectivity index (χ4n) is 5.17. The molecule has 5 rings (SSSR count). The number of halogens is 2. The summed E-state index contributed by atoms with van der Waals surface area (Å²) < 4.78 is 17.2. The van der Waals surface area contributed by atoms with Crippen LogP contribution in [0.2, 0.25) is 10.0 Å². The molecule has 4 heterocycles. The lowest BCUT2D eigenvalue weighted by molar-refractivity contribution is 0.175. The van der Waals surface area contributed by atoms with Gasteiger partial charge < -0.3 is 30.2 Å². The van der Waals surface area contributed by atoms with Crippen molar-refractivity contribution in [1.82, 2.24) is 15.3 Å². The van der Waals surface area contributed by atoms with E-state index in [1.807, 2.05) is 19.1 Å². The van der Waals surface area contributed by atoms with Crippen molar-refractivity contribution >= 4 is 40.4 Å². The van der Waals surface area contributed by atoms with E-state index in [-0.39, 0.29) is 11.3 Å². The maximum atomic E-state index is 8.87. The van der Waals surface area contributed by atoms with E-state index in [1.54, 1.807) is 18.3 Å². The Balaban J connectivity index is 1.31. The molecule has 2 fully saturated rings. The number of aromatic nitrogens is 2. The van der Waals surface area contributed by atoms with Gasteiger partial charge in [0.2, 0.25) is 0 Å². The van der Waals surface area contributed by atoms with Crippen LogP contribution in [-0.2, 0) is 4.74 Å². The van der Waals surface area contributed by atoms with E-state index in [2.05, 4.69) is 27.1 Å². The molecule has 0 saturated carbocycles. The third-order valence-electron chi connectivity index (χ3n) is 7.13. The minimum Gasteiger partial charge on any atom is -0.493 e. The van der Waals surface area contributed by atoms with Crippen LogP contribution in [0, 0.1) is 5.41 Å². The van der Waals surface area contributed by atoms with Crippen molar-refractivity contribution in [3.05, 3.63) is 69.6 Å². The molecule has 0 aliphatic carbocycles. The highest BCUT2D eigenvalue weighted by Crippen LogP contribution is 2.38. The third-order valence-corrected chi connectivity index (χ3v) is 7.73. The summed E-state index contributed by atoms with van der Waals surface area (Å²) in [4.78, 5) is 10.9. The number of nitrogens with one attached hydrogen (secondary N) is 2. The van der Waals surface area contributed by atoms with Crippen molar-refractivity contribution in [2.45, 2.75) is 38.0 Å². The highest BCUT2D eigenvalue weighted by Gasteiger charge is 2.41. The average Bonchev–Trinajstić information content (AvgIpc) is 3.40. The first kappa shape index (κ1) is 27.5. The Labute approximate surface area is 238 Å². The van der Waals surface area contributed by atoms with Crippen molar-refractivity contribution in [1.29, 1.82) is 5.41 Å². The molecular weight excluding hydrogens is 539 g/mol. The number of benzene rings is 1. The topological polar surface area (TPSA) is 119 Å². The second kappa shape index (κ2) is 11.2. The van der Waals surface area contributed by atoms with Gasteiger partial charge in [-0.2, -0.15) is 0 Å². The average molecular weight is 572 g/mol. The first-order valence-electron chi connectivity index (χ1n) is 12.8. The van der Waals surface area contributed by atoms with E-state index in [1.165, 1.54) is 19.5 Å². The van der Waals surface area contributed by atoms with E-state index < -0.39 is 6.10 Å². The smallest absolute Gasteiger partial charge is 0.162 e. The first-order valence-corrected chi connectivity index (χ1v) is 13.5. The summed E-state index contributed by atoms with van der Waals surface area (Å²) in [5, 5.41) is 13.4. The second-order valence-corrected chi connectivity index (χ2v) is 11.1. The molecule has 39 heavy (non-hydrogen) atoms. The van der Waals surface area contributed by atoms with Gasteiger partial charge >= 0.3 is 0 Å². The van der Waals surface area contributed by atoms with Crippen LogP contribution in [0.3, 0.4) is 0 Å². The summed E-state index contributed by atoms with van der Waals surface area (Å²) in [7, 11) is 1.53. The zero-order chi connectivity index (χ0) is 27.7. The molecule has 206 valence electrons. The van der Waals surface area contributed by atoms with Crippen LogP contribution in [0.15, 0.2) is 42.9 Å². The SMILES string of the molecule is COc1cc(N)c(C(=N)c2ccc(N3CC(C)(NC4CCOC4)C3)nc2)cc1O[C@H](C)c1c(Cl)cncc1Cl. The number of ether oxygens (including phenoxy) is 3. The molecule has 2 aliphatic heterocycles. The zero-order valence-corrected chi connectivity index (χ0v) is 23.6. The fourth-order valence-corrected chi connectivity index (χ4v) is 5.84. The van der Waals surface area contributed by atoms with E-state index >= 15 is 0 Å². The van der Waals surface area contributed by atoms with E-state index in [0.717, 1.165) is 38.5 Å². The summed E-state index contributed by atoms with van der Waals surface area (Å²) in [5.74, 6) is 1.72. The second-order valence-electron chi connectivity index (χ2n) is 10.3. The predicted molar refractivity (Wildman–Crippen MR) is 154 cm³/mol. The van der Waals surface area contributed by atoms with E-state index in [4.69, 9.17) is 48.6 Å². The molecule has 0 bridgehead atoms. The van der Waals surface area contributed by atoms with Crippen molar-refractivity contribution in [2.24, 2.45) is 0 Å². The van der Waals surface area contributed by atoms with Gasteiger partial charge in [-0.3, -0.25) is 10.4 Å². The minimum atomic E-state index is -0.508. The number of nitrogens with zero attached hydrogens (tertiary/aromatic N) is 3. The number of nitrogens with two attached hydrogens (primary N) is 1. The normalized spacial score (nSPS) is 18.9. The van der Waals surface area contributed by atoms with Crippen LogP contribution in [-0.4, -0.2) is 60.7 Å². The summed E-state index contributed by atoms with van der Waals surface area (Å²) in [6, 6.07) is 7.59. The molecule has 2 atom stereocenters. The molecule has 9 nitrogen and oxygen atoms in total. The maximum Gasteiger partial charge on any atom is 0.162 e. The number of rotatable bonds is 9. The minimum absolute atomic E-state index is 0.0429. The lowest BCUT2D eigenvalue weighted by atomic mass is 9.90. The van der Waals surface area contributed by atoms with Crippen LogP contribution in [0.25, 0.3) is 0 Å². The highest BCUT2D eigenvalue weighted by molar-refractivity contribution is 6.35. The Hall–Kier alpha value is -3.11. The molecule has 2 aromatic heterocycles. The zero-order valence-electron chi connectivity index (χ0n) is 22.1. The standard InChI is InChI=1S/C28H32Cl2N6O3/c1-16(26-20(29)11-33-12-21(26)30)39-24-8-19(22(31)9-23(24)37-3)27(32)17-4-5-25(34-10-17)36-14-28(2,15-36)35-18-6-7-38-13-18/h4-5,8-12,16,18,32,35H,6-7,13-15,31H2,1-3H3/t16-,18?/m1/s1. The quantitative estimate of drug-likeness (QED) is 0.246. The molecule has 4 N–H and O–H groups in total. The van der Waals surface area contributed by atoms with Crippen LogP contribution in [0.5, 0.6) is 11.5 Å². The molecule has 3 aromatic rings. The lowest BCUT2D eigenvalue weighted by Crippen LogP contribution is -2.69. The predicted octanol–water partition coefficient (Wildman–Crippen LogP) is 4.89. The number of anilines is 2. The van der Waals surface area contributed by atoms with Gasteiger partial charge in [-0.25, -0.2) is 4.98 Å². The van der Waals surface area contributed by atoms with Gasteiger partial charge in [-0.15, -0.1) is 0 Å². The summed E-state index contributed by atoms with van der Waals surface area (Å²) in [6.45, 7) is 7.39. The maximum absolute atomic E-state index is 8.87. The Bertz CT molecular complexity index is 1340. The van der Waals surface area contributed by atoms with Gasteiger partial charge in [-0.1, -0.05) is 23.2 Å². The van der Waals surface area contributed by atoms with E-state index in [0.29, 0.717) is 50.0 Å². The van der Waals surface area contributed by atoms with Gasteiger partial charge in [0.25, 0.3) is 0 Å². The first-order chi connectivity index (χ1) is 18.7. The number of nitrogen functional groups attached to an aromatic ring is 1. The number of methoxy groups -OCH3 is 1. The Kier molecular flexibility index (Phi) is 7.87. The van der Waals surface area contributed by atoms with Crippen LogP contribution >= 0.6 is 23.2 Å². The van der Waals surface area contributed by atoms with E-state index in [9.17, 15) is 0 Å². The molecule has 2 aliphatic rings. The fraction of sp³-hybridized carbons (Fsp3) is 0.393. The molecule has 1 unspecified atom stereocenters. The molecule has 11 heteroatoms. The van der Waals surface area contributed by atoms with Gasteiger partial charge in [-0.05, 0) is 38.5 Å². The van der Waals surface area contributed by atoms with Crippen LogP contribution < -0.4 is 25.4 Å². The van der Waals surface area contributed by atoms with Crippen molar-refractivity contribution in [2.75, 3.05) is 44.0 Å². The molecule has 0 amide bonds. The highest BCUT2D eigenvalue weighted by atomic mass is 35.5. The van der Waals surface area contributed by atoms with Crippen LogP contribution in [0.1, 0.15) is 43.1 Å². The lowest BCUT2D eigenvalue weighted by Gasteiger charge is -2.50.